The van der Waals surface area contributed by atoms with E-state index in [1.165, 1.54) is 23.2 Å². The average Bonchev–Trinajstić information content (AvgIpc) is 3.67. The minimum Gasteiger partial charge on any atom is -0.489 e. The van der Waals surface area contributed by atoms with Crippen LogP contribution in [0.4, 0.5) is 23.8 Å². The van der Waals surface area contributed by atoms with Crippen LogP contribution in [0.1, 0.15) is 64.0 Å². The summed E-state index contributed by atoms with van der Waals surface area (Å²) >= 11 is 0. The van der Waals surface area contributed by atoms with E-state index >= 15 is 4.39 Å². The van der Waals surface area contributed by atoms with Gasteiger partial charge in [0.2, 0.25) is 17.7 Å². The van der Waals surface area contributed by atoms with Crippen molar-refractivity contribution in [3.05, 3.63) is 84.1 Å². The summed E-state index contributed by atoms with van der Waals surface area (Å²) in [5, 5.41) is 6.71. The Morgan fingerprint density at radius 1 is 0.959 bits per heavy atom. The predicted octanol–water partition coefficient (Wildman–Crippen LogP) is 6.82. The number of anilines is 1. The molecule has 0 spiro atoms. The van der Waals surface area contributed by atoms with E-state index in [1.54, 1.807) is 45.0 Å². The average molecular weight is 678 g/mol. The van der Waals surface area contributed by atoms with Crippen molar-refractivity contribution in [3.8, 4) is 5.75 Å². The molecule has 0 bridgehead atoms. The Morgan fingerprint density at radius 2 is 1.65 bits per heavy atom. The largest absolute Gasteiger partial charge is 0.489 e. The second kappa shape index (κ2) is 13.2. The normalized spacial score (nSPS) is 20.2. The Hall–Kier alpha value is -4.94. The van der Waals surface area contributed by atoms with Gasteiger partial charge in [0.05, 0.1) is 23.7 Å². The second-order valence-corrected chi connectivity index (χ2v) is 13.7. The minimum absolute atomic E-state index is 0.106. The van der Waals surface area contributed by atoms with Crippen LogP contribution in [0.5, 0.6) is 5.75 Å². The molecule has 1 saturated carbocycles. The third kappa shape index (κ3) is 7.40. The zero-order valence-electron chi connectivity index (χ0n) is 27.5. The van der Waals surface area contributed by atoms with Gasteiger partial charge in [-0.15, -0.1) is 0 Å². The fraction of sp³-hybridized carbons (Fsp3) is 0.417. The topological polar surface area (TPSA) is 116 Å². The lowest BCUT2D eigenvalue weighted by Gasteiger charge is -2.42. The summed E-state index contributed by atoms with van der Waals surface area (Å²) in [7, 11) is 0. The summed E-state index contributed by atoms with van der Waals surface area (Å²) in [6.07, 6.45) is -2.45. The summed E-state index contributed by atoms with van der Waals surface area (Å²) in [5.41, 5.74) is 0.00213. The smallest absolute Gasteiger partial charge is 0.435 e. The standard InChI is InChI=1S/C36H38F3N5O5/c1-34(2,3)49-33(47)44-28-13-14-30(41-27(28)20-40-44)42-31(45)29-19-25(37)21-43(29)32(46)35(15-17-36(38,39)18-16-35)24-9-11-26(12-10-24)48-22-23-7-5-4-6-8-23/h4-14,20,25,29H,15-19,21-22H2,1-3H3,(H,41,42,45)/t25-,29-/m1/s1. The van der Waals surface area contributed by atoms with Gasteiger partial charge in [0.15, 0.2) is 0 Å². The first-order valence-electron chi connectivity index (χ1n) is 16.2. The molecule has 2 atom stereocenters. The van der Waals surface area contributed by atoms with E-state index in [-0.39, 0.29) is 31.6 Å². The number of aromatic nitrogens is 3. The SMILES string of the molecule is CC(C)(C)OC(=O)n1ncc2nc(NC(=O)[C@H]3C[C@@H](F)CN3C(=O)C3(c4ccc(OCc5ccccc5)cc4)CCC(F)(F)CC3)ccc21. The number of pyridine rings is 1. The molecule has 2 fully saturated rings. The zero-order valence-corrected chi connectivity index (χ0v) is 27.5. The molecule has 1 aliphatic carbocycles. The lowest BCUT2D eigenvalue weighted by atomic mass is 9.67. The van der Waals surface area contributed by atoms with Crippen molar-refractivity contribution in [2.75, 3.05) is 11.9 Å². The molecular formula is C36H38F3N5O5. The van der Waals surface area contributed by atoms with E-state index in [9.17, 15) is 23.2 Å². The van der Waals surface area contributed by atoms with Gasteiger partial charge in [0, 0.05) is 19.3 Å². The summed E-state index contributed by atoms with van der Waals surface area (Å²) in [6, 6.07) is 18.1. The molecule has 0 radical (unpaired) electrons. The number of likely N-dealkylation sites (tertiary alicyclic amines) is 1. The van der Waals surface area contributed by atoms with Crippen LogP contribution in [-0.4, -0.2) is 67.9 Å². The molecule has 1 aliphatic heterocycles. The molecule has 3 heterocycles. The van der Waals surface area contributed by atoms with Gasteiger partial charge in [0.1, 0.15) is 41.5 Å². The van der Waals surface area contributed by atoms with Gasteiger partial charge in [-0.3, -0.25) is 9.59 Å². The van der Waals surface area contributed by atoms with Crippen molar-refractivity contribution in [1.29, 1.82) is 0 Å². The van der Waals surface area contributed by atoms with Crippen molar-refractivity contribution in [2.45, 2.75) is 88.6 Å². The summed E-state index contributed by atoms with van der Waals surface area (Å²) in [5.74, 6) is -3.52. The number of carbonyl (C=O) groups excluding carboxylic acids is 3. The number of alkyl halides is 3. The Morgan fingerprint density at radius 3 is 2.33 bits per heavy atom. The molecule has 49 heavy (non-hydrogen) atoms. The predicted molar refractivity (Wildman–Crippen MR) is 175 cm³/mol. The number of hydrogen-bond donors (Lipinski definition) is 1. The third-order valence-corrected chi connectivity index (χ3v) is 8.96. The molecule has 1 N–H and O–H groups in total. The maximum absolute atomic E-state index is 15.0. The highest BCUT2D eigenvalue weighted by Crippen LogP contribution is 2.48. The van der Waals surface area contributed by atoms with Gasteiger partial charge in [-0.05, 0) is 69.0 Å². The number of fused-ring (bicyclic) bond motifs is 1. The van der Waals surface area contributed by atoms with Crippen molar-refractivity contribution >= 4 is 34.8 Å². The van der Waals surface area contributed by atoms with Gasteiger partial charge in [0.25, 0.3) is 0 Å². The lowest BCUT2D eigenvalue weighted by Crippen LogP contribution is -2.54. The second-order valence-electron chi connectivity index (χ2n) is 13.7. The highest BCUT2D eigenvalue weighted by Gasteiger charge is 2.53. The minimum atomic E-state index is -2.94. The van der Waals surface area contributed by atoms with E-state index in [0.717, 1.165) is 10.2 Å². The molecule has 4 aromatic rings. The first kappa shape index (κ1) is 33.9. The lowest BCUT2D eigenvalue weighted by molar-refractivity contribution is -0.146. The van der Waals surface area contributed by atoms with Gasteiger partial charge < -0.3 is 19.7 Å². The van der Waals surface area contributed by atoms with E-state index in [0.29, 0.717) is 29.0 Å². The Labute approximate surface area is 281 Å². The van der Waals surface area contributed by atoms with Crippen LogP contribution in [0, 0.1) is 0 Å². The van der Waals surface area contributed by atoms with Gasteiger partial charge in [-0.2, -0.15) is 9.78 Å². The number of rotatable bonds is 7. The molecule has 13 heteroatoms. The molecular weight excluding hydrogens is 639 g/mol. The van der Waals surface area contributed by atoms with Gasteiger partial charge in [-0.25, -0.2) is 22.9 Å². The Kier molecular flexibility index (Phi) is 9.12. The maximum atomic E-state index is 15.0. The maximum Gasteiger partial charge on any atom is 0.435 e. The summed E-state index contributed by atoms with van der Waals surface area (Å²) in [4.78, 5) is 46.1. The molecule has 2 aliphatic rings. The number of amides is 2. The van der Waals surface area contributed by atoms with Gasteiger partial charge in [-0.1, -0.05) is 42.5 Å². The van der Waals surface area contributed by atoms with Crippen LogP contribution in [-0.2, 0) is 26.3 Å². The first-order valence-corrected chi connectivity index (χ1v) is 16.2. The van der Waals surface area contributed by atoms with E-state index in [2.05, 4.69) is 15.4 Å². The molecule has 0 unspecified atom stereocenters. The van der Waals surface area contributed by atoms with Crippen LogP contribution in [0.15, 0.2) is 72.9 Å². The monoisotopic (exact) mass is 677 g/mol. The van der Waals surface area contributed by atoms with Crippen molar-refractivity contribution < 1.29 is 37.0 Å². The molecule has 2 amide bonds. The van der Waals surface area contributed by atoms with Crippen LogP contribution in [0.3, 0.4) is 0 Å². The number of halogens is 3. The highest BCUT2D eigenvalue weighted by molar-refractivity contribution is 6.00. The van der Waals surface area contributed by atoms with E-state index < -0.39 is 59.9 Å². The molecule has 1 saturated heterocycles. The van der Waals surface area contributed by atoms with Crippen LogP contribution >= 0.6 is 0 Å². The summed E-state index contributed by atoms with van der Waals surface area (Å²) < 4.78 is 56.2. The molecule has 2 aromatic carbocycles. The van der Waals surface area contributed by atoms with E-state index in [1.807, 2.05) is 30.3 Å². The molecule has 6 rings (SSSR count). The number of nitrogens with zero attached hydrogens (tertiary/aromatic N) is 4. The number of nitrogens with one attached hydrogen (secondary N) is 1. The Balaban J connectivity index is 1.21. The number of carbonyl (C=O) groups is 3. The number of benzene rings is 2. The fourth-order valence-electron chi connectivity index (χ4n) is 6.46. The van der Waals surface area contributed by atoms with Crippen molar-refractivity contribution in [3.63, 3.8) is 0 Å². The highest BCUT2D eigenvalue weighted by atomic mass is 19.3. The van der Waals surface area contributed by atoms with Gasteiger partial charge >= 0.3 is 6.09 Å². The van der Waals surface area contributed by atoms with Crippen molar-refractivity contribution in [1.82, 2.24) is 19.7 Å². The van der Waals surface area contributed by atoms with Crippen LogP contribution < -0.4 is 10.1 Å². The molecule has 10 nitrogen and oxygen atoms in total. The third-order valence-electron chi connectivity index (χ3n) is 8.96. The van der Waals surface area contributed by atoms with Crippen LogP contribution in [0.25, 0.3) is 11.0 Å². The summed E-state index contributed by atoms with van der Waals surface area (Å²) in [6.45, 7) is 5.17. The van der Waals surface area contributed by atoms with E-state index in [4.69, 9.17) is 9.47 Å². The van der Waals surface area contributed by atoms with Crippen molar-refractivity contribution in [2.24, 2.45) is 0 Å². The number of ether oxygens (including phenoxy) is 2. The molecule has 2 aromatic heterocycles. The Bertz CT molecular complexity index is 1830. The fourth-order valence-corrected chi connectivity index (χ4v) is 6.46. The molecule has 258 valence electrons. The quantitative estimate of drug-likeness (QED) is 0.228. The first-order chi connectivity index (χ1) is 23.2. The zero-order chi connectivity index (χ0) is 35.0. The van der Waals surface area contributed by atoms with Crippen LogP contribution in [0.2, 0.25) is 0 Å². The number of hydrogen-bond acceptors (Lipinski definition) is 7.